The van der Waals surface area contributed by atoms with Gasteiger partial charge in [0.2, 0.25) is 0 Å². The number of hydrogen-bond acceptors (Lipinski definition) is 3. The molecule has 0 aliphatic heterocycles. The van der Waals surface area contributed by atoms with Gasteiger partial charge >= 0.3 is 0 Å². The molecule has 1 aromatic carbocycles. The predicted octanol–water partition coefficient (Wildman–Crippen LogP) is 1.98. The second-order valence-corrected chi connectivity index (χ2v) is 3.86. The monoisotopic (exact) mass is 231 g/mol. The number of phenols is 1. The highest BCUT2D eigenvalue weighted by Gasteiger charge is 2.11. The van der Waals surface area contributed by atoms with Crippen LogP contribution in [0, 0.1) is 13.8 Å². The number of aromatic nitrogens is 2. The molecule has 0 unspecified atom stereocenters. The van der Waals surface area contributed by atoms with E-state index in [2.05, 4.69) is 15.5 Å². The summed E-state index contributed by atoms with van der Waals surface area (Å²) in [4.78, 5) is 11.8. The van der Waals surface area contributed by atoms with Gasteiger partial charge in [0, 0.05) is 17.4 Å². The predicted molar refractivity (Wildman–Crippen MR) is 64.1 cm³/mol. The van der Waals surface area contributed by atoms with Gasteiger partial charge in [0.1, 0.15) is 5.75 Å². The molecule has 0 radical (unpaired) electrons. The fourth-order valence-electron chi connectivity index (χ4n) is 1.47. The first-order valence-electron chi connectivity index (χ1n) is 5.19. The van der Waals surface area contributed by atoms with Crippen LogP contribution in [0.15, 0.2) is 24.4 Å². The van der Waals surface area contributed by atoms with Gasteiger partial charge in [-0.05, 0) is 25.5 Å². The van der Waals surface area contributed by atoms with Crippen molar-refractivity contribution in [2.75, 3.05) is 5.32 Å². The van der Waals surface area contributed by atoms with Crippen LogP contribution in [0.5, 0.6) is 5.75 Å². The molecule has 0 aliphatic rings. The van der Waals surface area contributed by atoms with Gasteiger partial charge in [0.05, 0.1) is 11.8 Å². The van der Waals surface area contributed by atoms with Crippen molar-refractivity contribution >= 4 is 11.6 Å². The van der Waals surface area contributed by atoms with E-state index in [1.165, 1.54) is 12.3 Å². The number of aromatic hydroxyl groups is 1. The van der Waals surface area contributed by atoms with Crippen LogP contribution in [-0.4, -0.2) is 21.2 Å². The van der Waals surface area contributed by atoms with Crippen LogP contribution in [0.2, 0.25) is 0 Å². The number of carbonyl (C=O) groups is 1. The molecule has 0 bridgehead atoms. The number of H-pyrrole nitrogens is 1. The Kier molecular flexibility index (Phi) is 2.82. The molecule has 0 fully saturated rings. The summed E-state index contributed by atoms with van der Waals surface area (Å²) >= 11 is 0. The Hall–Kier alpha value is -2.30. The maximum absolute atomic E-state index is 11.8. The summed E-state index contributed by atoms with van der Waals surface area (Å²) < 4.78 is 0. The van der Waals surface area contributed by atoms with Gasteiger partial charge in [-0.3, -0.25) is 9.89 Å². The van der Waals surface area contributed by atoms with Crippen molar-refractivity contribution in [3.8, 4) is 5.75 Å². The van der Waals surface area contributed by atoms with Crippen LogP contribution >= 0.6 is 0 Å². The first kappa shape index (κ1) is 11.2. The Labute approximate surface area is 98.5 Å². The molecule has 2 aromatic rings. The lowest BCUT2D eigenvalue weighted by molar-refractivity contribution is 0.102. The minimum absolute atomic E-state index is 0.159. The molecule has 1 heterocycles. The van der Waals surface area contributed by atoms with Crippen LogP contribution in [0.3, 0.4) is 0 Å². The second kappa shape index (κ2) is 4.29. The zero-order valence-electron chi connectivity index (χ0n) is 9.61. The van der Waals surface area contributed by atoms with Gasteiger partial charge in [0.15, 0.2) is 0 Å². The van der Waals surface area contributed by atoms with Crippen molar-refractivity contribution in [2.45, 2.75) is 13.8 Å². The largest absolute Gasteiger partial charge is 0.508 e. The number of anilines is 1. The van der Waals surface area contributed by atoms with Crippen molar-refractivity contribution in [1.29, 1.82) is 0 Å². The van der Waals surface area contributed by atoms with E-state index in [4.69, 9.17) is 0 Å². The van der Waals surface area contributed by atoms with Gasteiger partial charge in [-0.25, -0.2) is 0 Å². The fraction of sp³-hybridized carbons (Fsp3) is 0.167. The SMILES string of the molecule is Cc1ccc(NC(=O)c2cn[nH]c2C)cc1O. The molecule has 88 valence electrons. The third-order valence-electron chi connectivity index (χ3n) is 2.54. The summed E-state index contributed by atoms with van der Waals surface area (Å²) in [5.74, 6) is -0.0915. The number of aryl methyl sites for hydroxylation is 2. The van der Waals surface area contributed by atoms with Crippen molar-refractivity contribution < 1.29 is 9.90 Å². The maximum atomic E-state index is 11.8. The highest BCUT2D eigenvalue weighted by atomic mass is 16.3. The number of rotatable bonds is 2. The van der Waals surface area contributed by atoms with Gasteiger partial charge in [-0.2, -0.15) is 5.10 Å². The molecular formula is C12H13N3O2. The summed E-state index contributed by atoms with van der Waals surface area (Å²) in [5.41, 5.74) is 2.52. The average molecular weight is 231 g/mol. The molecule has 0 spiro atoms. The quantitative estimate of drug-likeness (QED) is 0.739. The molecule has 0 atom stereocenters. The smallest absolute Gasteiger partial charge is 0.259 e. The summed E-state index contributed by atoms with van der Waals surface area (Å²) in [6, 6.07) is 5.00. The topological polar surface area (TPSA) is 78.0 Å². The Morgan fingerprint density at radius 1 is 1.41 bits per heavy atom. The minimum atomic E-state index is -0.250. The number of benzene rings is 1. The van der Waals surface area contributed by atoms with Gasteiger partial charge in [-0.15, -0.1) is 0 Å². The minimum Gasteiger partial charge on any atom is -0.508 e. The molecule has 2 rings (SSSR count). The number of hydrogen-bond donors (Lipinski definition) is 3. The van der Waals surface area contributed by atoms with Crippen molar-refractivity contribution in [3.05, 3.63) is 41.2 Å². The van der Waals surface area contributed by atoms with Crippen molar-refractivity contribution in [3.63, 3.8) is 0 Å². The van der Waals surface area contributed by atoms with Crippen LogP contribution in [0.1, 0.15) is 21.6 Å². The van der Waals surface area contributed by atoms with Gasteiger partial charge in [0.25, 0.3) is 5.91 Å². The third-order valence-corrected chi connectivity index (χ3v) is 2.54. The molecule has 17 heavy (non-hydrogen) atoms. The maximum Gasteiger partial charge on any atom is 0.259 e. The molecule has 0 saturated heterocycles. The third kappa shape index (κ3) is 2.28. The van der Waals surface area contributed by atoms with E-state index in [-0.39, 0.29) is 11.7 Å². The Morgan fingerprint density at radius 2 is 2.18 bits per heavy atom. The van der Waals surface area contributed by atoms with Gasteiger partial charge < -0.3 is 10.4 Å². The Morgan fingerprint density at radius 3 is 2.76 bits per heavy atom. The standard InChI is InChI=1S/C12H13N3O2/c1-7-3-4-9(5-11(7)16)14-12(17)10-6-13-15-8(10)2/h3-6,16H,1-2H3,(H,13,15)(H,14,17). The highest BCUT2D eigenvalue weighted by molar-refractivity contribution is 6.04. The van der Waals surface area contributed by atoms with Crippen LogP contribution in [0.4, 0.5) is 5.69 Å². The molecular weight excluding hydrogens is 218 g/mol. The number of nitrogens with zero attached hydrogens (tertiary/aromatic N) is 1. The normalized spacial score (nSPS) is 10.2. The van der Waals surface area contributed by atoms with E-state index < -0.39 is 0 Å². The van der Waals surface area contributed by atoms with Crippen LogP contribution in [0.25, 0.3) is 0 Å². The van der Waals surface area contributed by atoms with Crippen LogP contribution in [-0.2, 0) is 0 Å². The van der Waals surface area contributed by atoms with E-state index >= 15 is 0 Å². The molecule has 0 saturated carbocycles. The van der Waals surface area contributed by atoms with E-state index in [0.29, 0.717) is 16.9 Å². The van der Waals surface area contributed by atoms with Crippen molar-refractivity contribution in [2.24, 2.45) is 0 Å². The van der Waals surface area contributed by atoms with E-state index in [1.54, 1.807) is 26.0 Å². The number of aromatic amines is 1. The van der Waals surface area contributed by atoms with Crippen LogP contribution < -0.4 is 5.32 Å². The Bertz CT molecular complexity index is 561. The number of carbonyl (C=O) groups excluding carboxylic acids is 1. The zero-order valence-corrected chi connectivity index (χ0v) is 9.61. The summed E-state index contributed by atoms with van der Waals surface area (Å²) in [6.07, 6.45) is 1.47. The lowest BCUT2D eigenvalue weighted by Crippen LogP contribution is -2.12. The number of amides is 1. The zero-order chi connectivity index (χ0) is 12.4. The Balaban J connectivity index is 2.19. The summed E-state index contributed by atoms with van der Waals surface area (Å²) in [6.45, 7) is 3.57. The first-order valence-corrected chi connectivity index (χ1v) is 5.19. The van der Waals surface area contributed by atoms with Crippen molar-refractivity contribution in [1.82, 2.24) is 10.2 Å². The molecule has 0 aliphatic carbocycles. The molecule has 1 aromatic heterocycles. The van der Waals surface area contributed by atoms with E-state index in [9.17, 15) is 9.90 Å². The molecule has 1 amide bonds. The van der Waals surface area contributed by atoms with Gasteiger partial charge in [-0.1, -0.05) is 6.07 Å². The molecule has 3 N–H and O–H groups in total. The van der Waals surface area contributed by atoms with E-state index in [1.807, 2.05) is 0 Å². The van der Waals surface area contributed by atoms with E-state index in [0.717, 1.165) is 5.56 Å². The number of phenolic OH excluding ortho intramolecular Hbond substituents is 1. The number of nitrogens with one attached hydrogen (secondary N) is 2. The average Bonchev–Trinajstić information content (AvgIpc) is 2.70. The molecule has 5 heteroatoms. The lowest BCUT2D eigenvalue weighted by Gasteiger charge is -2.06. The first-order chi connectivity index (χ1) is 8.08. The fourth-order valence-corrected chi connectivity index (χ4v) is 1.47. The highest BCUT2D eigenvalue weighted by Crippen LogP contribution is 2.21. The second-order valence-electron chi connectivity index (χ2n) is 3.86. The molecule has 5 nitrogen and oxygen atoms in total. The summed E-state index contributed by atoms with van der Waals surface area (Å²) in [7, 11) is 0. The lowest BCUT2D eigenvalue weighted by atomic mass is 10.2. The summed E-state index contributed by atoms with van der Waals surface area (Å²) in [5, 5.41) is 18.7.